The fourth-order valence-corrected chi connectivity index (χ4v) is 4.27. The monoisotopic (exact) mass is 437 g/mol. The summed E-state index contributed by atoms with van der Waals surface area (Å²) in [7, 11) is -1.97. The molecule has 1 N–H and O–H groups in total. The van der Waals surface area contributed by atoms with Crippen molar-refractivity contribution < 1.29 is 17.9 Å². The van der Waals surface area contributed by atoms with Crippen LogP contribution >= 0.6 is 0 Å². The zero-order chi connectivity index (χ0) is 21.8. The molecule has 4 rings (SSSR count). The van der Waals surface area contributed by atoms with Gasteiger partial charge in [0.05, 0.1) is 23.5 Å². The Morgan fingerprint density at radius 3 is 2.68 bits per heavy atom. The number of aromatic nitrogens is 4. The third kappa shape index (κ3) is 4.53. The normalized spacial score (nSPS) is 11.4. The van der Waals surface area contributed by atoms with E-state index in [9.17, 15) is 13.2 Å². The summed E-state index contributed by atoms with van der Waals surface area (Å²) in [4.78, 5) is 20.9. The highest BCUT2D eigenvalue weighted by molar-refractivity contribution is 7.91. The highest BCUT2D eigenvalue weighted by Gasteiger charge is 2.18. The van der Waals surface area contributed by atoms with E-state index >= 15 is 0 Å². The number of carbonyl (C=O) groups excluding carboxylic acids is 1. The molecule has 1 amide bonds. The van der Waals surface area contributed by atoms with Crippen molar-refractivity contribution in [3.8, 4) is 17.0 Å². The molecule has 2 aromatic carbocycles. The van der Waals surface area contributed by atoms with Gasteiger partial charge in [-0.15, -0.1) is 5.10 Å². The van der Waals surface area contributed by atoms with Gasteiger partial charge in [0, 0.05) is 18.2 Å². The summed E-state index contributed by atoms with van der Waals surface area (Å²) in [5.41, 5.74) is 1.55. The number of hydrogen-bond donors (Lipinski definition) is 1. The summed E-state index contributed by atoms with van der Waals surface area (Å²) in [6, 6.07) is 17.2. The Bertz CT molecular complexity index is 1340. The highest BCUT2D eigenvalue weighted by atomic mass is 32.2. The minimum atomic E-state index is -3.55. The van der Waals surface area contributed by atoms with Crippen molar-refractivity contribution in [2.24, 2.45) is 0 Å². The highest BCUT2D eigenvalue weighted by Crippen LogP contribution is 2.24. The average molecular weight is 437 g/mol. The first-order valence-electron chi connectivity index (χ1n) is 9.40. The summed E-state index contributed by atoms with van der Waals surface area (Å²) in [5.74, 6) is 0.218. The summed E-state index contributed by atoms with van der Waals surface area (Å²) >= 11 is 0. The van der Waals surface area contributed by atoms with Crippen LogP contribution in [0.4, 0.5) is 5.95 Å². The minimum Gasteiger partial charge on any atom is -0.497 e. The van der Waals surface area contributed by atoms with Crippen LogP contribution in [0.5, 0.6) is 5.75 Å². The molecule has 0 saturated carbocycles. The van der Waals surface area contributed by atoms with E-state index in [1.165, 1.54) is 16.6 Å². The average Bonchev–Trinajstić information content (AvgIpc) is 3.21. The molecule has 0 aliphatic rings. The van der Waals surface area contributed by atoms with Gasteiger partial charge >= 0.3 is 0 Å². The maximum Gasteiger partial charge on any atom is 0.254 e. The Morgan fingerprint density at radius 2 is 1.90 bits per heavy atom. The SMILES string of the molecule is COc1cccc(-c2ccnc3nc(NC(=O)CCS(=O)(=O)c4ccccc4)nn23)c1. The van der Waals surface area contributed by atoms with Crippen molar-refractivity contribution >= 4 is 27.5 Å². The van der Waals surface area contributed by atoms with Crippen LogP contribution < -0.4 is 10.1 Å². The first kappa shape index (κ1) is 20.5. The number of benzene rings is 2. The van der Waals surface area contributed by atoms with Crippen LogP contribution in [-0.2, 0) is 14.6 Å². The van der Waals surface area contributed by atoms with Crippen LogP contribution in [0.2, 0.25) is 0 Å². The number of methoxy groups -OCH3 is 1. The number of hydrogen-bond acceptors (Lipinski definition) is 7. The van der Waals surface area contributed by atoms with Gasteiger partial charge in [0.2, 0.25) is 5.91 Å². The van der Waals surface area contributed by atoms with E-state index in [0.717, 1.165) is 5.56 Å². The molecular formula is C21H19N5O4S. The lowest BCUT2D eigenvalue weighted by Crippen LogP contribution is -2.18. The van der Waals surface area contributed by atoms with Gasteiger partial charge in [-0.2, -0.15) is 9.50 Å². The van der Waals surface area contributed by atoms with Crippen LogP contribution in [0.25, 0.3) is 17.0 Å². The summed E-state index contributed by atoms with van der Waals surface area (Å²) in [6.45, 7) is 0. The fourth-order valence-electron chi connectivity index (χ4n) is 3.01. The van der Waals surface area contributed by atoms with Gasteiger partial charge < -0.3 is 4.74 Å². The predicted octanol–water partition coefficient (Wildman–Crippen LogP) is 2.60. The molecule has 0 spiro atoms. The standard InChI is InChI=1S/C21H19N5O4S/c1-30-16-7-5-6-15(14-16)18-10-12-22-21-24-20(25-26(18)21)23-19(27)11-13-31(28,29)17-8-3-2-4-9-17/h2-10,12,14H,11,13H2,1H3,(H,23,25,27). The van der Waals surface area contributed by atoms with Crippen LogP contribution in [0.15, 0.2) is 71.8 Å². The first-order chi connectivity index (χ1) is 15.0. The summed E-state index contributed by atoms with van der Waals surface area (Å²) < 4.78 is 31.5. The van der Waals surface area contributed by atoms with Gasteiger partial charge in [-0.25, -0.2) is 13.4 Å². The summed E-state index contributed by atoms with van der Waals surface area (Å²) in [5, 5.41) is 6.85. The molecule has 0 aliphatic carbocycles. The molecule has 2 heterocycles. The maximum absolute atomic E-state index is 12.3. The van der Waals surface area contributed by atoms with Crippen molar-refractivity contribution in [2.45, 2.75) is 11.3 Å². The number of nitrogens with one attached hydrogen (secondary N) is 1. The lowest BCUT2D eigenvalue weighted by atomic mass is 10.1. The Morgan fingerprint density at radius 1 is 1.10 bits per heavy atom. The van der Waals surface area contributed by atoms with Crippen molar-refractivity contribution in [2.75, 3.05) is 18.2 Å². The second-order valence-electron chi connectivity index (χ2n) is 6.64. The topological polar surface area (TPSA) is 116 Å². The molecule has 0 bridgehead atoms. The molecule has 0 saturated heterocycles. The zero-order valence-electron chi connectivity index (χ0n) is 16.6. The molecule has 9 nitrogen and oxygen atoms in total. The molecule has 0 aliphatic heterocycles. The third-order valence-corrected chi connectivity index (χ3v) is 6.29. The smallest absolute Gasteiger partial charge is 0.254 e. The van der Waals surface area contributed by atoms with E-state index in [4.69, 9.17) is 4.74 Å². The minimum absolute atomic E-state index is 0.0463. The van der Waals surface area contributed by atoms with Crippen LogP contribution in [0, 0.1) is 0 Å². The number of carbonyl (C=O) groups is 1. The molecular weight excluding hydrogens is 418 g/mol. The zero-order valence-corrected chi connectivity index (χ0v) is 17.4. The Labute approximate surface area is 178 Å². The van der Waals surface area contributed by atoms with Gasteiger partial charge in [-0.3, -0.25) is 10.1 Å². The molecule has 0 unspecified atom stereocenters. The Hall–Kier alpha value is -3.79. The fraction of sp³-hybridized carbons (Fsp3) is 0.143. The van der Waals surface area contributed by atoms with Crippen molar-refractivity contribution in [1.82, 2.24) is 19.6 Å². The lowest BCUT2D eigenvalue weighted by molar-refractivity contribution is -0.115. The van der Waals surface area contributed by atoms with E-state index < -0.39 is 15.7 Å². The predicted molar refractivity (Wildman–Crippen MR) is 115 cm³/mol. The largest absolute Gasteiger partial charge is 0.497 e. The quantitative estimate of drug-likeness (QED) is 0.472. The molecule has 10 heteroatoms. The maximum atomic E-state index is 12.3. The number of rotatable bonds is 7. The number of sulfone groups is 1. The number of amides is 1. The van der Waals surface area contributed by atoms with Gasteiger partial charge in [0.25, 0.3) is 11.7 Å². The van der Waals surface area contributed by atoms with E-state index in [1.54, 1.807) is 37.6 Å². The van der Waals surface area contributed by atoms with Crippen molar-refractivity contribution in [1.29, 1.82) is 0 Å². The van der Waals surface area contributed by atoms with Crippen LogP contribution in [0.3, 0.4) is 0 Å². The van der Waals surface area contributed by atoms with Crippen LogP contribution in [-0.4, -0.2) is 46.8 Å². The molecule has 2 aromatic heterocycles. The van der Waals surface area contributed by atoms with Gasteiger partial charge in [0.15, 0.2) is 9.84 Å². The Balaban J connectivity index is 1.51. The van der Waals surface area contributed by atoms with Crippen molar-refractivity contribution in [3.63, 3.8) is 0 Å². The van der Waals surface area contributed by atoms with Gasteiger partial charge in [-0.1, -0.05) is 30.3 Å². The van der Waals surface area contributed by atoms with E-state index in [0.29, 0.717) is 17.2 Å². The second-order valence-corrected chi connectivity index (χ2v) is 8.75. The number of fused-ring (bicyclic) bond motifs is 1. The lowest BCUT2D eigenvalue weighted by Gasteiger charge is -2.05. The van der Waals surface area contributed by atoms with E-state index in [-0.39, 0.29) is 23.0 Å². The molecule has 4 aromatic rings. The molecule has 158 valence electrons. The number of anilines is 1. The third-order valence-electron chi connectivity index (χ3n) is 4.56. The van der Waals surface area contributed by atoms with E-state index in [2.05, 4.69) is 20.4 Å². The number of nitrogens with zero attached hydrogens (tertiary/aromatic N) is 4. The Kier molecular flexibility index (Phi) is 5.63. The van der Waals surface area contributed by atoms with E-state index in [1.807, 2.05) is 24.3 Å². The van der Waals surface area contributed by atoms with Crippen molar-refractivity contribution in [3.05, 3.63) is 66.9 Å². The second kappa shape index (κ2) is 8.52. The number of ether oxygens (including phenoxy) is 1. The summed E-state index contributed by atoms with van der Waals surface area (Å²) in [6.07, 6.45) is 1.37. The van der Waals surface area contributed by atoms with Gasteiger partial charge in [0.1, 0.15) is 5.75 Å². The molecule has 0 atom stereocenters. The van der Waals surface area contributed by atoms with Crippen LogP contribution in [0.1, 0.15) is 6.42 Å². The molecule has 31 heavy (non-hydrogen) atoms. The molecule has 0 radical (unpaired) electrons. The first-order valence-corrected chi connectivity index (χ1v) is 11.1. The molecule has 0 fully saturated rings. The van der Waals surface area contributed by atoms with Gasteiger partial charge in [-0.05, 0) is 30.3 Å².